The summed E-state index contributed by atoms with van der Waals surface area (Å²) in [6, 6.07) is 16.9. The zero-order chi connectivity index (χ0) is 15.1. The minimum absolute atomic E-state index is 0. The van der Waals surface area contributed by atoms with Gasteiger partial charge in [-0.3, -0.25) is 0 Å². The fourth-order valence-corrected chi connectivity index (χ4v) is 2.33. The second-order valence-electron chi connectivity index (χ2n) is 4.73. The SMILES string of the molecule is C.C=C/C=C(\C=C/C)c1ccc(-c2ccccc2C=C)cc1. The number of rotatable bonds is 5. The third-order valence-electron chi connectivity index (χ3n) is 3.35. The molecule has 0 nitrogen and oxygen atoms in total. The van der Waals surface area contributed by atoms with E-state index in [1.807, 2.05) is 37.3 Å². The molecule has 0 spiro atoms. The molecule has 2 aromatic carbocycles. The highest BCUT2D eigenvalue weighted by Crippen LogP contribution is 2.26. The Morgan fingerprint density at radius 1 is 0.955 bits per heavy atom. The first-order valence-electron chi connectivity index (χ1n) is 7.08. The maximum Gasteiger partial charge on any atom is -0.0112 e. The van der Waals surface area contributed by atoms with E-state index in [0.717, 1.165) is 11.1 Å². The summed E-state index contributed by atoms with van der Waals surface area (Å²) in [5.74, 6) is 0. The van der Waals surface area contributed by atoms with Crippen LogP contribution in [0.1, 0.15) is 25.5 Å². The summed E-state index contributed by atoms with van der Waals surface area (Å²) in [7, 11) is 0. The summed E-state index contributed by atoms with van der Waals surface area (Å²) in [6.45, 7) is 9.68. The first-order valence-corrected chi connectivity index (χ1v) is 7.08. The van der Waals surface area contributed by atoms with Gasteiger partial charge in [-0.1, -0.05) is 99.5 Å². The number of hydrogen-bond acceptors (Lipinski definition) is 0. The molecule has 0 saturated heterocycles. The van der Waals surface area contributed by atoms with Gasteiger partial charge in [0.25, 0.3) is 0 Å². The van der Waals surface area contributed by atoms with Crippen molar-refractivity contribution in [2.24, 2.45) is 0 Å². The van der Waals surface area contributed by atoms with Crippen molar-refractivity contribution < 1.29 is 0 Å². The third-order valence-corrected chi connectivity index (χ3v) is 3.35. The van der Waals surface area contributed by atoms with Gasteiger partial charge in [0.05, 0.1) is 0 Å². The Hall–Kier alpha value is -2.60. The summed E-state index contributed by atoms with van der Waals surface area (Å²) in [5.41, 5.74) is 5.91. The molecule has 0 radical (unpaired) electrons. The molecule has 2 aromatic rings. The predicted octanol–water partition coefficient (Wildman–Crippen LogP) is 6.78. The molecule has 0 aliphatic carbocycles. The van der Waals surface area contributed by atoms with E-state index in [1.165, 1.54) is 16.7 Å². The van der Waals surface area contributed by atoms with Crippen molar-refractivity contribution in [1.29, 1.82) is 0 Å². The fourth-order valence-electron chi connectivity index (χ4n) is 2.33. The van der Waals surface area contributed by atoms with Crippen LogP contribution >= 0.6 is 0 Å². The molecule has 0 heterocycles. The standard InChI is InChI=1S/C21H20.CH4/c1-4-9-18(10-5-2)19-13-15-20(16-14-19)21-12-8-7-11-17(21)6-3;/h4-16H,1,3H2,2H3;1H4/b10-5-,18-9+;. The third kappa shape index (κ3) is 3.95. The zero-order valence-corrected chi connectivity index (χ0v) is 12.4. The van der Waals surface area contributed by atoms with Crippen LogP contribution in [0.2, 0.25) is 0 Å². The van der Waals surface area contributed by atoms with Gasteiger partial charge in [-0.25, -0.2) is 0 Å². The van der Waals surface area contributed by atoms with E-state index in [2.05, 4.69) is 61.7 Å². The Balaban J connectivity index is 0.00000242. The Kier molecular flexibility index (Phi) is 6.85. The first-order chi connectivity index (χ1) is 10.3. The lowest BCUT2D eigenvalue weighted by molar-refractivity contribution is 1.56. The molecule has 0 bridgehead atoms. The van der Waals surface area contributed by atoms with Crippen LogP contribution in [0.25, 0.3) is 22.8 Å². The van der Waals surface area contributed by atoms with Crippen LogP contribution in [-0.4, -0.2) is 0 Å². The van der Waals surface area contributed by atoms with E-state index >= 15 is 0 Å². The van der Waals surface area contributed by atoms with Gasteiger partial charge in [-0.2, -0.15) is 0 Å². The van der Waals surface area contributed by atoms with Crippen molar-refractivity contribution in [3.05, 3.63) is 97.1 Å². The largest absolute Gasteiger partial charge is 0.0990 e. The van der Waals surface area contributed by atoms with Gasteiger partial charge >= 0.3 is 0 Å². The highest BCUT2D eigenvalue weighted by atomic mass is 14.1. The second kappa shape index (κ2) is 8.63. The Morgan fingerprint density at radius 3 is 2.23 bits per heavy atom. The van der Waals surface area contributed by atoms with E-state index < -0.39 is 0 Å². The summed E-state index contributed by atoms with van der Waals surface area (Å²) >= 11 is 0. The molecule has 0 aliphatic rings. The first kappa shape index (κ1) is 17.5. The van der Waals surface area contributed by atoms with E-state index in [9.17, 15) is 0 Å². The molecule has 22 heavy (non-hydrogen) atoms. The van der Waals surface area contributed by atoms with E-state index in [1.54, 1.807) is 0 Å². The Bertz CT molecular complexity index is 682. The molecule has 0 aliphatic heterocycles. The van der Waals surface area contributed by atoms with Crippen LogP contribution in [0.15, 0.2) is 86.0 Å². The van der Waals surface area contributed by atoms with Crippen LogP contribution in [0.5, 0.6) is 0 Å². The van der Waals surface area contributed by atoms with Gasteiger partial charge in [0.15, 0.2) is 0 Å². The predicted molar refractivity (Wildman–Crippen MR) is 102 cm³/mol. The maximum atomic E-state index is 3.88. The average molecular weight is 288 g/mol. The van der Waals surface area contributed by atoms with Crippen LogP contribution in [0.3, 0.4) is 0 Å². The van der Waals surface area contributed by atoms with E-state index in [0.29, 0.717) is 0 Å². The smallest absolute Gasteiger partial charge is 0.0112 e. The molecule has 0 saturated carbocycles. The summed E-state index contributed by atoms with van der Waals surface area (Å²) in [5, 5.41) is 0. The molecule has 0 amide bonds. The van der Waals surface area contributed by atoms with E-state index in [4.69, 9.17) is 0 Å². The molecular weight excluding hydrogens is 264 g/mol. The van der Waals surface area contributed by atoms with Crippen molar-refractivity contribution in [2.45, 2.75) is 14.4 Å². The molecular formula is C22H24. The van der Waals surface area contributed by atoms with Crippen LogP contribution in [0.4, 0.5) is 0 Å². The van der Waals surface area contributed by atoms with Gasteiger partial charge in [-0.05, 0) is 34.8 Å². The number of allylic oxidation sites excluding steroid dienone is 5. The van der Waals surface area contributed by atoms with Gasteiger partial charge in [0, 0.05) is 0 Å². The van der Waals surface area contributed by atoms with Gasteiger partial charge in [0.2, 0.25) is 0 Å². The molecule has 0 atom stereocenters. The topological polar surface area (TPSA) is 0 Å². The van der Waals surface area contributed by atoms with Crippen LogP contribution < -0.4 is 0 Å². The number of hydrogen-bond donors (Lipinski definition) is 0. The molecule has 0 aromatic heterocycles. The molecule has 112 valence electrons. The summed E-state index contributed by atoms with van der Waals surface area (Å²) < 4.78 is 0. The van der Waals surface area contributed by atoms with Crippen molar-refractivity contribution >= 4 is 11.6 Å². The lowest BCUT2D eigenvalue weighted by Crippen LogP contribution is -1.85. The Labute approximate surface area is 134 Å². The molecule has 0 heteroatoms. The molecule has 0 fully saturated rings. The monoisotopic (exact) mass is 288 g/mol. The minimum atomic E-state index is 0. The highest BCUT2D eigenvalue weighted by molar-refractivity contribution is 5.79. The summed E-state index contributed by atoms with van der Waals surface area (Å²) in [4.78, 5) is 0. The average Bonchev–Trinajstić information content (AvgIpc) is 2.55. The molecule has 0 unspecified atom stereocenters. The number of benzene rings is 2. The van der Waals surface area contributed by atoms with E-state index in [-0.39, 0.29) is 7.43 Å². The van der Waals surface area contributed by atoms with Crippen LogP contribution in [-0.2, 0) is 0 Å². The lowest BCUT2D eigenvalue weighted by atomic mass is 9.96. The highest BCUT2D eigenvalue weighted by Gasteiger charge is 2.03. The minimum Gasteiger partial charge on any atom is -0.0990 e. The van der Waals surface area contributed by atoms with Crippen molar-refractivity contribution in [3.8, 4) is 11.1 Å². The quantitative estimate of drug-likeness (QED) is 0.532. The van der Waals surface area contributed by atoms with Crippen LogP contribution in [0, 0.1) is 0 Å². The normalized spacial score (nSPS) is 11.0. The summed E-state index contributed by atoms with van der Waals surface area (Å²) in [6.07, 6.45) is 9.86. The van der Waals surface area contributed by atoms with Crippen molar-refractivity contribution in [2.75, 3.05) is 0 Å². The van der Waals surface area contributed by atoms with Crippen molar-refractivity contribution in [3.63, 3.8) is 0 Å². The molecule has 0 N–H and O–H groups in total. The Morgan fingerprint density at radius 2 is 1.64 bits per heavy atom. The molecule has 2 rings (SSSR count). The fraction of sp³-hybridized carbons (Fsp3) is 0.0909. The van der Waals surface area contributed by atoms with Gasteiger partial charge < -0.3 is 0 Å². The zero-order valence-electron chi connectivity index (χ0n) is 12.4. The second-order valence-corrected chi connectivity index (χ2v) is 4.73. The maximum absolute atomic E-state index is 3.88. The lowest BCUT2D eigenvalue weighted by Gasteiger charge is -2.08. The van der Waals surface area contributed by atoms with Crippen molar-refractivity contribution in [1.82, 2.24) is 0 Å². The van der Waals surface area contributed by atoms with Gasteiger partial charge in [-0.15, -0.1) is 0 Å². The van der Waals surface area contributed by atoms with Gasteiger partial charge in [0.1, 0.15) is 0 Å².